The topological polar surface area (TPSA) is 144 Å². The van der Waals surface area contributed by atoms with E-state index in [1.165, 1.54) is 25.9 Å². The summed E-state index contributed by atoms with van der Waals surface area (Å²) in [5.41, 5.74) is 1.26. The average Bonchev–Trinajstić information content (AvgIpc) is 3.30. The van der Waals surface area contributed by atoms with Gasteiger partial charge in [0.2, 0.25) is 5.75 Å². The van der Waals surface area contributed by atoms with Crippen LogP contribution in [0.3, 0.4) is 0 Å². The fraction of sp³-hybridized carbons (Fsp3) is 0.333. The third kappa shape index (κ3) is 6.36. The Balaban J connectivity index is 1.92. The van der Waals surface area contributed by atoms with E-state index >= 15 is 0 Å². The second-order valence-corrected chi connectivity index (χ2v) is 10.1. The molecule has 1 aliphatic heterocycles. The maximum atomic E-state index is 14.0. The van der Waals surface area contributed by atoms with Crippen LogP contribution in [0.4, 0.5) is 0 Å². The van der Waals surface area contributed by atoms with Crippen molar-refractivity contribution in [2.75, 3.05) is 41.2 Å². The van der Waals surface area contributed by atoms with Crippen LogP contribution in [0.1, 0.15) is 37.9 Å². The summed E-state index contributed by atoms with van der Waals surface area (Å²) >= 11 is 1.14. The first kappa shape index (κ1) is 31.2. The van der Waals surface area contributed by atoms with Crippen LogP contribution in [0.15, 0.2) is 51.4 Å². The van der Waals surface area contributed by atoms with Gasteiger partial charge < -0.3 is 33.5 Å². The molecule has 0 fully saturated rings. The molecule has 0 saturated heterocycles. The number of fused-ring (bicyclic) bond motifs is 1. The van der Waals surface area contributed by atoms with E-state index in [0.717, 1.165) is 11.3 Å². The van der Waals surface area contributed by atoms with E-state index in [4.69, 9.17) is 23.7 Å². The summed E-state index contributed by atoms with van der Waals surface area (Å²) in [7, 11) is 4.08. The molecule has 0 aliphatic carbocycles. The van der Waals surface area contributed by atoms with Crippen LogP contribution in [0.25, 0.3) is 6.08 Å². The minimum Gasteiger partial charge on any atom is -0.502 e. The summed E-state index contributed by atoms with van der Waals surface area (Å²) < 4.78 is 33.7. The van der Waals surface area contributed by atoms with Crippen molar-refractivity contribution < 1.29 is 43.1 Å². The molecule has 0 unspecified atom stereocenters. The molecular weight excluding hydrogens is 580 g/mol. The number of hydrogen-bond acceptors (Lipinski definition) is 12. The Labute approximate surface area is 251 Å². The first-order chi connectivity index (χ1) is 20.7. The number of thiazole rings is 1. The molecule has 2 aromatic carbocycles. The maximum Gasteiger partial charge on any atom is 0.343 e. The summed E-state index contributed by atoms with van der Waals surface area (Å²) in [5.74, 6) is -0.387. The van der Waals surface area contributed by atoms with Crippen LogP contribution in [0, 0.1) is 0 Å². The fourth-order valence-electron chi connectivity index (χ4n) is 4.53. The van der Waals surface area contributed by atoms with Crippen molar-refractivity contribution in [3.8, 4) is 28.7 Å². The molecule has 1 atom stereocenters. The number of carbonyl (C=O) groups is 2. The predicted molar refractivity (Wildman–Crippen MR) is 157 cm³/mol. The molecule has 228 valence electrons. The molecule has 1 aromatic heterocycles. The number of nitrogens with zero attached hydrogens (tertiary/aromatic N) is 2. The lowest BCUT2D eigenvalue weighted by atomic mass is 9.95. The summed E-state index contributed by atoms with van der Waals surface area (Å²) in [6.07, 6.45) is 1.63. The number of rotatable bonds is 11. The number of phenolic OH excluding ortho intramolecular Hbond substituents is 1. The summed E-state index contributed by atoms with van der Waals surface area (Å²) in [4.78, 5) is 43.9. The standard InChI is InChI=1S/C30H32N2O10S/c1-7-40-20-14-18(9-10-19(20)42-15-24(33)39-6)26-25(29(36)41-8-2)16(3)31-30-32(26)28(35)23(43-30)13-17-11-21(37-4)27(34)22(12-17)38-5/h9-14,26,34H,7-8,15H2,1-6H3/b23-13-/t26-/m1/s1. The zero-order chi connectivity index (χ0) is 31.3. The van der Waals surface area contributed by atoms with E-state index in [0.29, 0.717) is 38.5 Å². The molecular formula is C30H32N2O10S. The van der Waals surface area contributed by atoms with Crippen LogP contribution < -0.4 is 33.8 Å². The highest BCUT2D eigenvalue weighted by molar-refractivity contribution is 7.07. The first-order valence-electron chi connectivity index (χ1n) is 13.3. The van der Waals surface area contributed by atoms with Crippen LogP contribution in [-0.2, 0) is 19.1 Å². The van der Waals surface area contributed by atoms with Crippen LogP contribution >= 0.6 is 11.3 Å². The van der Waals surface area contributed by atoms with Gasteiger partial charge in [0.25, 0.3) is 5.56 Å². The van der Waals surface area contributed by atoms with Crippen LogP contribution in [-0.4, -0.2) is 62.8 Å². The van der Waals surface area contributed by atoms with Gasteiger partial charge in [-0.15, -0.1) is 0 Å². The van der Waals surface area contributed by atoms with Gasteiger partial charge in [0, 0.05) is 0 Å². The number of phenols is 1. The largest absolute Gasteiger partial charge is 0.502 e. The average molecular weight is 613 g/mol. The molecule has 13 heteroatoms. The van der Waals surface area contributed by atoms with Crippen molar-refractivity contribution in [2.24, 2.45) is 4.99 Å². The smallest absolute Gasteiger partial charge is 0.343 e. The minimum absolute atomic E-state index is 0.127. The molecule has 1 aliphatic rings. The van der Waals surface area contributed by atoms with Gasteiger partial charge in [0.05, 0.1) is 56.4 Å². The lowest BCUT2D eigenvalue weighted by Gasteiger charge is -2.25. The highest BCUT2D eigenvalue weighted by Gasteiger charge is 2.34. The molecule has 3 aromatic rings. The molecule has 43 heavy (non-hydrogen) atoms. The molecule has 0 spiro atoms. The Morgan fingerprint density at radius 3 is 2.30 bits per heavy atom. The third-order valence-corrected chi connectivity index (χ3v) is 7.46. The number of carbonyl (C=O) groups excluding carboxylic acids is 2. The molecule has 1 N–H and O–H groups in total. The summed E-state index contributed by atoms with van der Waals surface area (Å²) in [5, 5.41) is 10.3. The normalized spacial score (nSPS) is 14.5. The second kappa shape index (κ2) is 13.5. The minimum atomic E-state index is -0.907. The molecule has 0 saturated carbocycles. The highest BCUT2D eigenvalue weighted by Crippen LogP contribution is 2.38. The molecule has 2 heterocycles. The van der Waals surface area contributed by atoms with Gasteiger partial charge in [-0.2, -0.15) is 0 Å². The van der Waals surface area contributed by atoms with Gasteiger partial charge in [-0.3, -0.25) is 9.36 Å². The van der Waals surface area contributed by atoms with Crippen molar-refractivity contribution >= 4 is 29.4 Å². The van der Waals surface area contributed by atoms with Crippen molar-refractivity contribution in [3.63, 3.8) is 0 Å². The molecule has 12 nitrogen and oxygen atoms in total. The molecule has 0 bridgehead atoms. The van der Waals surface area contributed by atoms with Crippen molar-refractivity contribution in [1.29, 1.82) is 0 Å². The Morgan fingerprint density at radius 1 is 1.00 bits per heavy atom. The van der Waals surface area contributed by atoms with Crippen molar-refractivity contribution in [3.05, 3.63) is 72.4 Å². The van der Waals surface area contributed by atoms with Gasteiger partial charge in [-0.25, -0.2) is 14.6 Å². The highest BCUT2D eigenvalue weighted by atomic mass is 32.1. The van der Waals surface area contributed by atoms with E-state index in [1.54, 1.807) is 57.2 Å². The number of aromatic hydroxyl groups is 1. The quantitative estimate of drug-likeness (QED) is 0.321. The van der Waals surface area contributed by atoms with E-state index in [2.05, 4.69) is 9.73 Å². The number of aromatic nitrogens is 1. The van der Waals surface area contributed by atoms with Gasteiger partial charge in [-0.05, 0) is 62.2 Å². The molecule has 4 rings (SSSR count). The summed E-state index contributed by atoms with van der Waals surface area (Å²) in [6.45, 7) is 5.26. The SMILES string of the molecule is CCOC(=O)C1=C(C)N=c2s/c(=C\c3cc(OC)c(O)c(OC)c3)c(=O)n2[C@@H]1c1ccc(OCC(=O)OC)c(OCC)c1. The second-order valence-electron chi connectivity index (χ2n) is 9.08. The maximum absolute atomic E-state index is 14.0. The Kier molecular flexibility index (Phi) is 9.76. The van der Waals surface area contributed by atoms with Gasteiger partial charge in [0.1, 0.15) is 0 Å². The van der Waals surface area contributed by atoms with Gasteiger partial charge in [0.15, 0.2) is 34.4 Å². The number of allylic oxidation sites excluding steroid dienone is 1. The lowest BCUT2D eigenvalue weighted by molar-refractivity contribution is -0.143. The number of benzene rings is 2. The van der Waals surface area contributed by atoms with E-state index < -0.39 is 23.5 Å². The monoisotopic (exact) mass is 612 g/mol. The van der Waals surface area contributed by atoms with Crippen molar-refractivity contribution in [2.45, 2.75) is 26.8 Å². The van der Waals surface area contributed by atoms with E-state index in [1.807, 2.05) is 0 Å². The number of esters is 2. The Morgan fingerprint density at radius 2 is 1.70 bits per heavy atom. The Hall–Kier alpha value is -4.78. The number of ether oxygens (including phenoxy) is 6. The zero-order valence-corrected chi connectivity index (χ0v) is 25.4. The molecule has 0 amide bonds. The summed E-state index contributed by atoms with van der Waals surface area (Å²) in [6, 6.07) is 7.19. The van der Waals surface area contributed by atoms with Crippen LogP contribution in [0.5, 0.6) is 28.7 Å². The van der Waals surface area contributed by atoms with Crippen LogP contribution in [0.2, 0.25) is 0 Å². The number of methoxy groups -OCH3 is 3. The lowest BCUT2D eigenvalue weighted by Crippen LogP contribution is -2.40. The Bertz CT molecular complexity index is 1730. The third-order valence-electron chi connectivity index (χ3n) is 6.47. The van der Waals surface area contributed by atoms with Gasteiger partial charge in [-0.1, -0.05) is 17.4 Å². The van der Waals surface area contributed by atoms with E-state index in [-0.39, 0.29) is 41.8 Å². The van der Waals surface area contributed by atoms with Gasteiger partial charge >= 0.3 is 11.9 Å². The first-order valence-corrected chi connectivity index (χ1v) is 14.1. The van der Waals surface area contributed by atoms with Crippen molar-refractivity contribution in [1.82, 2.24) is 4.57 Å². The molecule has 0 radical (unpaired) electrons. The predicted octanol–water partition coefficient (Wildman–Crippen LogP) is 2.47. The number of hydrogen-bond donors (Lipinski definition) is 1. The van der Waals surface area contributed by atoms with E-state index in [9.17, 15) is 19.5 Å². The fourth-order valence-corrected chi connectivity index (χ4v) is 5.58. The zero-order valence-electron chi connectivity index (χ0n) is 24.6.